The summed E-state index contributed by atoms with van der Waals surface area (Å²) < 4.78 is 0. The van der Waals surface area contributed by atoms with E-state index in [2.05, 4.69) is 31.0 Å². The molecule has 0 rings (SSSR count). The van der Waals surface area contributed by atoms with Crippen molar-refractivity contribution >= 4 is 5.91 Å². The zero-order valence-corrected chi connectivity index (χ0v) is 11.8. The second kappa shape index (κ2) is 9.42. The third-order valence-corrected chi connectivity index (χ3v) is 2.77. The molecule has 4 heteroatoms. The number of amides is 1. The van der Waals surface area contributed by atoms with Crippen molar-refractivity contribution in [2.75, 3.05) is 26.2 Å². The first-order valence-electron chi connectivity index (χ1n) is 6.74. The van der Waals surface area contributed by atoms with Crippen LogP contribution < -0.4 is 11.1 Å². The maximum Gasteiger partial charge on any atom is 0.237 e. The molecule has 0 aliphatic carbocycles. The predicted octanol–water partition coefficient (Wildman–Crippen LogP) is 1.21. The minimum Gasteiger partial charge on any atom is -0.354 e. The van der Waals surface area contributed by atoms with Gasteiger partial charge >= 0.3 is 0 Å². The number of rotatable bonds is 9. The fourth-order valence-corrected chi connectivity index (χ4v) is 1.70. The summed E-state index contributed by atoms with van der Waals surface area (Å²) in [5, 5.41) is 2.99. The van der Waals surface area contributed by atoms with Crippen LogP contribution in [0.15, 0.2) is 0 Å². The molecule has 102 valence electrons. The Morgan fingerprint density at radius 3 is 2.41 bits per heavy atom. The van der Waals surface area contributed by atoms with Crippen LogP contribution in [0.4, 0.5) is 0 Å². The van der Waals surface area contributed by atoms with Gasteiger partial charge in [0.2, 0.25) is 5.91 Å². The normalized spacial score (nSPS) is 13.1. The molecule has 4 nitrogen and oxygen atoms in total. The van der Waals surface area contributed by atoms with E-state index in [0.29, 0.717) is 12.5 Å². The van der Waals surface area contributed by atoms with Crippen LogP contribution in [0.25, 0.3) is 0 Å². The van der Waals surface area contributed by atoms with Crippen LogP contribution in [0, 0.1) is 5.92 Å². The van der Waals surface area contributed by atoms with Crippen molar-refractivity contribution in [3.8, 4) is 0 Å². The summed E-state index contributed by atoms with van der Waals surface area (Å²) in [7, 11) is 0. The molecule has 0 aromatic carbocycles. The molecule has 0 aliphatic heterocycles. The number of carbonyl (C=O) groups excluding carboxylic acids is 1. The summed E-state index contributed by atoms with van der Waals surface area (Å²) in [4.78, 5) is 14.2. The van der Waals surface area contributed by atoms with Gasteiger partial charge in [-0.2, -0.15) is 0 Å². The first-order chi connectivity index (χ1) is 8.02. The smallest absolute Gasteiger partial charge is 0.237 e. The molecule has 1 unspecified atom stereocenters. The maximum absolute atomic E-state index is 11.9. The lowest BCUT2D eigenvalue weighted by Crippen LogP contribution is -2.46. The van der Waals surface area contributed by atoms with Crippen LogP contribution in [0.3, 0.4) is 0 Å². The van der Waals surface area contributed by atoms with E-state index >= 15 is 0 Å². The highest BCUT2D eigenvalue weighted by Crippen LogP contribution is 2.02. The van der Waals surface area contributed by atoms with E-state index < -0.39 is 0 Å². The molecule has 0 aromatic rings. The first-order valence-corrected chi connectivity index (χ1v) is 6.74. The molecule has 0 heterocycles. The minimum atomic E-state index is -0.0553. The van der Waals surface area contributed by atoms with Gasteiger partial charge in [-0.3, -0.25) is 9.69 Å². The average Bonchev–Trinajstić information content (AvgIpc) is 2.30. The molecule has 0 saturated heterocycles. The van der Waals surface area contributed by atoms with Gasteiger partial charge in [0.15, 0.2) is 0 Å². The van der Waals surface area contributed by atoms with Gasteiger partial charge in [0, 0.05) is 13.1 Å². The number of carbonyl (C=O) groups is 1. The fraction of sp³-hybridized carbons (Fsp3) is 0.923. The van der Waals surface area contributed by atoms with E-state index in [1.165, 1.54) is 0 Å². The summed E-state index contributed by atoms with van der Waals surface area (Å²) in [6, 6.07) is -0.0553. The second-order valence-corrected chi connectivity index (χ2v) is 4.99. The van der Waals surface area contributed by atoms with Crippen molar-refractivity contribution in [2.24, 2.45) is 11.7 Å². The van der Waals surface area contributed by atoms with Crippen LogP contribution >= 0.6 is 0 Å². The Bertz CT molecular complexity index is 207. The summed E-state index contributed by atoms with van der Waals surface area (Å²) in [6.07, 6.45) is 2.01. The monoisotopic (exact) mass is 243 g/mol. The Labute approximate surface area is 106 Å². The largest absolute Gasteiger partial charge is 0.354 e. The van der Waals surface area contributed by atoms with E-state index in [1.807, 2.05) is 6.92 Å². The lowest BCUT2D eigenvalue weighted by Gasteiger charge is -2.28. The van der Waals surface area contributed by atoms with Crippen LogP contribution in [0.5, 0.6) is 0 Å². The standard InChI is InChI=1S/C13H29N3O/c1-5-8-16(9-6-7-14)12(4)13(17)15-10-11(2)3/h11-12H,5-10,14H2,1-4H3,(H,15,17). The lowest BCUT2D eigenvalue weighted by atomic mass is 10.2. The Hall–Kier alpha value is -0.610. The molecule has 3 N–H and O–H groups in total. The minimum absolute atomic E-state index is 0.0553. The highest BCUT2D eigenvalue weighted by atomic mass is 16.2. The molecule has 0 aliphatic rings. The van der Waals surface area contributed by atoms with Crippen LogP contribution in [0.1, 0.15) is 40.5 Å². The molecule has 1 amide bonds. The zero-order chi connectivity index (χ0) is 13.3. The van der Waals surface area contributed by atoms with E-state index in [-0.39, 0.29) is 11.9 Å². The number of nitrogens with zero attached hydrogens (tertiary/aromatic N) is 1. The average molecular weight is 243 g/mol. The molecule has 1 atom stereocenters. The summed E-state index contributed by atoms with van der Waals surface area (Å²) in [6.45, 7) is 11.6. The predicted molar refractivity (Wildman–Crippen MR) is 72.8 cm³/mol. The van der Waals surface area contributed by atoms with Gasteiger partial charge in [0.05, 0.1) is 6.04 Å². The van der Waals surface area contributed by atoms with E-state index in [9.17, 15) is 4.79 Å². The van der Waals surface area contributed by atoms with Crippen LogP contribution in [-0.4, -0.2) is 43.0 Å². The van der Waals surface area contributed by atoms with Crippen molar-refractivity contribution < 1.29 is 4.79 Å². The van der Waals surface area contributed by atoms with Gasteiger partial charge in [0.1, 0.15) is 0 Å². The Balaban J connectivity index is 4.17. The van der Waals surface area contributed by atoms with Gasteiger partial charge in [-0.05, 0) is 38.8 Å². The Morgan fingerprint density at radius 2 is 1.94 bits per heavy atom. The first kappa shape index (κ1) is 16.4. The number of nitrogens with two attached hydrogens (primary N) is 1. The lowest BCUT2D eigenvalue weighted by molar-refractivity contribution is -0.126. The second-order valence-electron chi connectivity index (χ2n) is 4.99. The third kappa shape index (κ3) is 7.34. The Kier molecular flexibility index (Phi) is 9.09. The highest BCUT2D eigenvalue weighted by molar-refractivity contribution is 5.81. The van der Waals surface area contributed by atoms with Crippen molar-refractivity contribution in [1.82, 2.24) is 10.2 Å². The van der Waals surface area contributed by atoms with Crippen molar-refractivity contribution in [1.29, 1.82) is 0 Å². The molecule has 0 aromatic heterocycles. The molecular weight excluding hydrogens is 214 g/mol. The van der Waals surface area contributed by atoms with Crippen molar-refractivity contribution in [3.63, 3.8) is 0 Å². The van der Waals surface area contributed by atoms with E-state index in [0.717, 1.165) is 32.5 Å². The van der Waals surface area contributed by atoms with E-state index in [1.54, 1.807) is 0 Å². The third-order valence-electron chi connectivity index (χ3n) is 2.77. The molecule has 0 fully saturated rings. The zero-order valence-electron chi connectivity index (χ0n) is 11.8. The summed E-state index contributed by atoms with van der Waals surface area (Å²) in [5.74, 6) is 0.624. The SMILES string of the molecule is CCCN(CCCN)C(C)C(=O)NCC(C)C. The maximum atomic E-state index is 11.9. The van der Waals surface area contributed by atoms with Crippen LogP contribution in [-0.2, 0) is 4.79 Å². The van der Waals surface area contributed by atoms with Crippen molar-refractivity contribution in [3.05, 3.63) is 0 Å². The fourth-order valence-electron chi connectivity index (χ4n) is 1.70. The summed E-state index contributed by atoms with van der Waals surface area (Å²) in [5.41, 5.74) is 5.52. The molecular formula is C13H29N3O. The summed E-state index contributed by atoms with van der Waals surface area (Å²) >= 11 is 0. The van der Waals surface area contributed by atoms with E-state index in [4.69, 9.17) is 5.73 Å². The number of nitrogens with one attached hydrogen (secondary N) is 1. The van der Waals surface area contributed by atoms with Crippen LogP contribution in [0.2, 0.25) is 0 Å². The quantitative estimate of drug-likeness (QED) is 0.640. The van der Waals surface area contributed by atoms with Gasteiger partial charge in [-0.15, -0.1) is 0 Å². The van der Waals surface area contributed by atoms with Crippen molar-refractivity contribution in [2.45, 2.75) is 46.6 Å². The molecule has 17 heavy (non-hydrogen) atoms. The topological polar surface area (TPSA) is 58.4 Å². The molecule has 0 spiro atoms. The van der Waals surface area contributed by atoms with Gasteiger partial charge in [-0.1, -0.05) is 20.8 Å². The highest BCUT2D eigenvalue weighted by Gasteiger charge is 2.19. The van der Waals surface area contributed by atoms with Gasteiger partial charge in [0.25, 0.3) is 0 Å². The Morgan fingerprint density at radius 1 is 1.29 bits per heavy atom. The molecule has 0 saturated carbocycles. The molecule has 0 radical (unpaired) electrons. The van der Waals surface area contributed by atoms with Gasteiger partial charge < -0.3 is 11.1 Å². The number of hydrogen-bond acceptors (Lipinski definition) is 3. The number of hydrogen-bond donors (Lipinski definition) is 2. The molecule has 0 bridgehead atoms. The van der Waals surface area contributed by atoms with Gasteiger partial charge in [-0.25, -0.2) is 0 Å².